The lowest BCUT2D eigenvalue weighted by Crippen LogP contribution is -2.56. The molecular formula is C37H44ClF3N4O9. The Morgan fingerprint density at radius 2 is 1.91 bits per heavy atom. The quantitative estimate of drug-likeness (QED) is 0.221. The van der Waals surface area contributed by atoms with E-state index in [9.17, 15) is 37.5 Å². The van der Waals surface area contributed by atoms with Gasteiger partial charge in [0.05, 0.1) is 30.6 Å². The number of nitrogens with zero attached hydrogens (tertiary/aromatic N) is 2. The lowest BCUT2D eigenvalue weighted by atomic mass is 9.96. The summed E-state index contributed by atoms with van der Waals surface area (Å²) in [5.74, 6) is -1.65. The molecule has 5 N–H and O–H groups in total. The molecule has 54 heavy (non-hydrogen) atoms. The van der Waals surface area contributed by atoms with Crippen molar-refractivity contribution >= 4 is 46.9 Å². The Labute approximate surface area is 315 Å². The summed E-state index contributed by atoms with van der Waals surface area (Å²) in [4.78, 5) is 50.1. The first-order valence-electron chi connectivity index (χ1n) is 17.0. The van der Waals surface area contributed by atoms with Crippen LogP contribution in [-0.2, 0) is 31.7 Å². The van der Waals surface area contributed by atoms with E-state index in [0.717, 1.165) is 28.2 Å². The maximum Gasteiger partial charge on any atom is 0.418 e. The highest BCUT2D eigenvalue weighted by Gasteiger charge is 2.45. The van der Waals surface area contributed by atoms with Crippen LogP contribution in [-0.4, -0.2) is 90.3 Å². The number of likely N-dealkylation sites (N-methyl/N-ethyl adjacent to an activating group) is 1. The van der Waals surface area contributed by atoms with E-state index < -0.39 is 53.3 Å². The Bertz CT molecular complexity index is 1820. The normalized spacial score (nSPS) is 25.3. The molecule has 5 atom stereocenters. The van der Waals surface area contributed by atoms with E-state index in [1.54, 1.807) is 19.1 Å². The number of carbonyl (C=O) groups excluding carboxylic acids is 3. The van der Waals surface area contributed by atoms with Crippen molar-refractivity contribution in [3.8, 4) is 5.75 Å². The van der Waals surface area contributed by atoms with Crippen molar-refractivity contribution in [2.24, 2.45) is 0 Å². The number of nitrogen functional groups attached to an aromatic ring is 1. The van der Waals surface area contributed by atoms with Gasteiger partial charge in [-0.3, -0.25) is 14.9 Å². The SMILES string of the molecule is COc1cc2cc(c1Cl)N(C)C(=O)CCC1OC1CC1C[C@](O)(C/C=C/C=C(\C)C2)NC(=O)O1.C[C@@H](C(=O)O)N(C)C(=O)c1ccc(N)c(C(F)(F)F)c1. The third-order valence-electron chi connectivity index (χ3n) is 9.35. The summed E-state index contributed by atoms with van der Waals surface area (Å²) in [5.41, 5.74) is 4.58. The van der Waals surface area contributed by atoms with Crippen LogP contribution in [0.4, 0.5) is 29.3 Å². The second kappa shape index (κ2) is 17.1. The first kappa shape index (κ1) is 41.9. The molecule has 0 radical (unpaired) electrons. The standard InChI is InChI=1S/C25H31ClN2O6.C12H13F3N2O3/c1-15-6-4-5-9-25(31)14-17(33-24(30)27-25)13-20-19(34-20)7-8-22(29)28(2)18-11-16(10-15)12-21(32-3)23(18)26;1-6(11(19)20)17(2)10(18)7-3-4-9(16)8(5-7)12(13,14)15/h4-6,11-12,17,19-20,31H,7-10,13-14H2,1-3H3,(H,27,30);3-6H,16H2,1-2H3,(H,19,20)/b5-4+,15-6+;/t17?,19?,20?,25-;6-/m10/s1. The van der Waals surface area contributed by atoms with Crippen LogP contribution >= 0.6 is 11.6 Å². The molecule has 2 aromatic carbocycles. The predicted molar refractivity (Wildman–Crippen MR) is 193 cm³/mol. The highest BCUT2D eigenvalue weighted by Crippen LogP contribution is 2.39. The second-order valence-electron chi connectivity index (χ2n) is 13.5. The number of epoxide rings is 1. The van der Waals surface area contributed by atoms with Gasteiger partial charge in [0.2, 0.25) is 5.91 Å². The molecule has 3 aliphatic heterocycles. The van der Waals surface area contributed by atoms with Crippen molar-refractivity contribution in [3.63, 3.8) is 0 Å². The van der Waals surface area contributed by atoms with Gasteiger partial charge in [-0.1, -0.05) is 35.4 Å². The van der Waals surface area contributed by atoms with Crippen molar-refractivity contribution < 1.29 is 56.8 Å². The number of alkyl halides is 3. The number of amides is 3. The van der Waals surface area contributed by atoms with E-state index in [1.807, 2.05) is 37.3 Å². The van der Waals surface area contributed by atoms with Crippen LogP contribution in [0.15, 0.2) is 54.1 Å². The number of carboxylic acids is 1. The lowest BCUT2D eigenvalue weighted by Gasteiger charge is -2.36. The smallest absolute Gasteiger partial charge is 0.418 e. The zero-order valence-corrected chi connectivity index (χ0v) is 31.2. The van der Waals surface area contributed by atoms with Gasteiger partial charge >= 0.3 is 18.2 Å². The molecule has 4 bridgehead atoms. The number of anilines is 2. The van der Waals surface area contributed by atoms with Crippen molar-refractivity contribution in [2.75, 3.05) is 31.8 Å². The highest BCUT2D eigenvalue weighted by molar-refractivity contribution is 6.35. The van der Waals surface area contributed by atoms with Gasteiger partial charge in [-0.15, -0.1) is 0 Å². The number of aliphatic carboxylic acids is 1. The minimum Gasteiger partial charge on any atom is -0.495 e. The fourth-order valence-electron chi connectivity index (χ4n) is 6.06. The Morgan fingerprint density at radius 3 is 2.56 bits per heavy atom. The van der Waals surface area contributed by atoms with Crippen LogP contribution in [0, 0.1) is 0 Å². The minimum absolute atomic E-state index is 0.0777. The molecule has 3 unspecified atom stereocenters. The zero-order chi connectivity index (χ0) is 40.1. The topological polar surface area (TPSA) is 184 Å². The average molecular weight is 781 g/mol. The van der Waals surface area contributed by atoms with Gasteiger partial charge in [0.25, 0.3) is 5.91 Å². The van der Waals surface area contributed by atoms with E-state index in [-0.39, 0.29) is 36.5 Å². The number of rotatable bonds is 4. The van der Waals surface area contributed by atoms with Crippen molar-refractivity contribution in [3.05, 3.63) is 75.8 Å². The molecule has 3 heterocycles. The molecule has 294 valence electrons. The molecule has 2 saturated heterocycles. The number of halogens is 4. The summed E-state index contributed by atoms with van der Waals surface area (Å²) in [7, 11) is 4.46. The number of ether oxygens (including phenoxy) is 3. The van der Waals surface area contributed by atoms with Crippen LogP contribution in [0.25, 0.3) is 0 Å². The molecular weight excluding hydrogens is 737 g/mol. The first-order chi connectivity index (χ1) is 25.2. The third kappa shape index (κ3) is 10.7. The molecule has 0 saturated carbocycles. The van der Waals surface area contributed by atoms with Gasteiger partial charge in [0.1, 0.15) is 28.6 Å². The molecule has 5 rings (SSSR count). The van der Waals surface area contributed by atoms with Crippen molar-refractivity contribution in [1.29, 1.82) is 0 Å². The maximum atomic E-state index is 12.9. The van der Waals surface area contributed by atoms with Crippen molar-refractivity contribution in [1.82, 2.24) is 10.2 Å². The number of hydrogen-bond donors (Lipinski definition) is 4. The summed E-state index contributed by atoms with van der Waals surface area (Å²) in [6.45, 7) is 3.25. The Morgan fingerprint density at radius 1 is 1.20 bits per heavy atom. The molecule has 13 nitrogen and oxygen atoms in total. The van der Waals surface area contributed by atoms with Crippen LogP contribution in [0.5, 0.6) is 5.75 Å². The van der Waals surface area contributed by atoms with E-state index >= 15 is 0 Å². The molecule has 0 aromatic heterocycles. The summed E-state index contributed by atoms with van der Waals surface area (Å²) in [6.07, 6.45) is 2.17. The zero-order valence-electron chi connectivity index (χ0n) is 30.4. The number of benzene rings is 2. The summed E-state index contributed by atoms with van der Waals surface area (Å²) in [5, 5.41) is 22.6. The summed E-state index contributed by atoms with van der Waals surface area (Å²) >= 11 is 6.54. The predicted octanol–water partition coefficient (Wildman–Crippen LogP) is 5.72. The molecule has 3 aliphatic rings. The Kier molecular flexibility index (Phi) is 13.3. The average Bonchev–Trinajstić information content (AvgIpc) is 3.84. The van der Waals surface area contributed by atoms with Gasteiger partial charge < -0.3 is 40.0 Å². The number of methoxy groups -OCH3 is 1. The van der Waals surface area contributed by atoms with E-state index in [2.05, 4.69) is 5.32 Å². The maximum absolute atomic E-state index is 12.9. The number of nitrogens with two attached hydrogens (primary N) is 1. The van der Waals surface area contributed by atoms with Gasteiger partial charge in [0, 0.05) is 51.0 Å². The van der Waals surface area contributed by atoms with E-state index in [4.69, 9.17) is 36.7 Å². The van der Waals surface area contributed by atoms with Crippen LogP contribution in [0.3, 0.4) is 0 Å². The molecule has 0 aliphatic carbocycles. The largest absolute Gasteiger partial charge is 0.495 e. The number of allylic oxidation sites excluding steroid dienone is 3. The van der Waals surface area contributed by atoms with Crippen LogP contribution in [0.1, 0.15) is 67.4 Å². The van der Waals surface area contributed by atoms with Gasteiger partial charge in [-0.05, 0) is 62.6 Å². The molecule has 17 heteroatoms. The molecule has 0 spiro atoms. The van der Waals surface area contributed by atoms with E-state index in [0.29, 0.717) is 48.2 Å². The van der Waals surface area contributed by atoms with Gasteiger partial charge in [0.15, 0.2) is 0 Å². The molecule has 2 fully saturated rings. The Balaban J connectivity index is 0.000000278. The monoisotopic (exact) mass is 780 g/mol. The molecule has 3 amide bonds. The number of carboxylic acid groups (broad SMARTS) is 1. The fourth-order valence-corrected chi connectivity index (χ4v) is 6.38. The number of fused-ring (bicyclic) bond motifs is 5. The number of nitrogens with one attached hydrogen (secondary N) is 1. The van der Waals surface area contributed by atoms with E-state index in [1.165, 1.54) is 14.0 Å². The number of alkyl carbamates (subject to hydrolysis) is 1. The van der Waals surface area contributed by atoms with Crippen molar-refractivity contribution in [2.45, 2.75) is 88.6 Å². The van der Waals surface area contributed by atoms with Gasteiger partial charge in [-0.25, -0.2) is 9.59 Å². The van der Waals surface area contributed by atoms with Crippen LogP contribution < -0.4 is 20.7 Å². The highest BCUT2D eigenvalue weighted by atomic mass is 35.5. The molecule has 2 aromatic rings. The summed E-state index contributed by atoms with van der Waals surface area (Å²) in [6, 6.07) is 5.33. The minimum atomic E-state index is -4.68. The Hall–Kier alpha value is -4.80. The third-order valence-corrected chi connectivity index (χ3v) is 9.73. The number of hydrogen-bond acceptors (Lipinski definition) is 9. The van der Waals surface area contributed by atoms with Crippen LogP contribution in [0.2, 0.25) is 5.02 Å². The first-order valence-corrected chi connectivity index (χ1v) is 17.4. The fraction of sp³-hybridized carbons (Fsp3) is 0.459. The second-order valence-corrected chi connectivity index (χ2v) is 13.9. The lowest BCUT2D eigenvalue weighted by molar-refractivity contribution is -0.141. The van der Waals surface area contributed by atoms with Gasteiger partial charge in [-0.2, -0.15) is 13.2 Å². The number of carbonyl (C=O) groups is 4. The number of aliphatic hydroxyl groups is 1. The summed E-state index contributed by atoms with van der Waals surface area (Å²) < 4.78 is 54.6.